The van der Waals surface area contributed by atoms with Gasteiger partial charge in [-0.2, -0.15) is 5.26 Å². The lowest BCUT2D eigenvalue weighted by Crippen LogP contribution is -2.47. The second-order valence-electron chi connectivity index (χ2n) is 5.17. The molecular weight excluding hydrogens is 172 g/mol. The quantitative estimate of drug-likeness (QED) is 0.632. The molecule has 1 heterocycles. The van der Waals surface area contributed by atoms with Crippen molar-refractivity contribution in [1.29, 1.82) is 5.26 Å². The topological polar surface area (TPSA) is 27.0 Å². The Morgan fingerprint density at radius 3 is 2.21 bits per heavy atom. The number of likely N-dealkylation sites (tertiary alicyclic amines) is 1. The van der Waals surface area contributed by atoms with E-state index in [2.05, 4.69) is 33.9 Å². The summed E-state index contributed by atoms with van der Waals surface area (Å²) in [4.78, 5) is 1.93. The fourth-order valence-corrected chi connectivity index (χ4v) is 2.81. The summed E-state index contributed by atoms with van der Waals surface area (Å²) in [6, 6.07) is 0. The molecule has 0 aromatic rings. The molecule has 0 atom stereocenters. The van der Waals surface area contributed by atoms with Crippen molar-refractivity contribution in [3.63, 3.8) is 0 Å². The lowest BCUT2D eigenvalue weighted by molar-refractivity contribution is 0.0299. The first-order valence-corrected chi connectivity index (χ1v) is 5.67. The Kier molecular flexibility index (Phi) is 3.42. The van der Waals surface area contributed by atoms with E-state index in [9.17, 15) is 0 Å². The van der Waals surface area contributed by atoms with E-state index < -0.39 is 0 Å². The van der Waals surface area contributed by atoms with E-state index in [1.165, 1.54) is 12.8 Å². The molecule has 0 radical (unpaired) electrons. The van der Waals surface area contributed by atoms with Crippen LogP contribution >= 0.6 is 0 Å². The van der Waals surface area contributed by atoms with Crippen molar-refractivity contribution < 1.29 is 0 Å². The molecule has 0 spiro atoms. The number of piperidine rings is 1. The van der Waals surface area contributed by atoms with E-state index in [0.29, 0.717) is 17.3 Å². The number of hydrogen-bond acceptors (Lipinski definition) is 2. The minimum Gasteiger partial charge on any atom is -0.310 e. The summed E-state index contributed by atoms with van der Waals surface area (Å²) in [6.45, 7) is 11.1. The summed E-state index contributed by atoms with van der Waals surface area (Å²) in [5, 5.41) is 8.96. The molecule has 2 heteroatoms. The maximum Gasteiger partial charge on any atom is 0.179 e. The van der Waals surface area contributed by atoms with Gasteiger partial charge < -0.3 is 4.90 Å². The lowest BCUT2D eigenvalue weighted by atomic mass is 9.64. The minimum absolute atomic E-state index is 0.355. The summed E-state index contributed by atoms with van der Waals surface area (Å²) in [6.07, 6.45) is 4.75. The van der Waals surface area contributed by atoms with Crippen LogP contribution < -0.4 is 0 Å². The van der Waals surface area contributed by atoms with Crippen LogP contribution in [0.2, 0.25) is 0 Å². The molecule has 0 amide bonds. The van der Waals surface area contributed by atoms with Crippen LogP contribution in [0.25, 0.3) is 0 Å². The van der Waals surface area contributed by atoms with Gasteiger partial charge >= 0.3 is 0 Å². The van der Waals surface area contributed by atoms with E-state index in [-0.39, 0.29) is 0 Å². The van der Waals surface area contributed by atoms with Gasteiger partial charge in [0, 0.05) is 13.1 Å². The second-order valence-corrected chi connectivity index (χ2v) is 5.17. The maximum absolute atomic E-state index is 8.96. The molecule has 1 aliphatic rings. The molecule has 1 fully saturated rings. The van der Waals surface area contributed by atoms with Crippen molar-refractivity contribution in [1.82, 2.24) is 4.90 Å². The highest BCUT2D eigenvalue weighted by Gasteiger charge is 2.40. The van der Waals surface area contributed by atoms with Crippen LogP contribution in [0.4, 0.5) is 0 Å². The van der Waals surface area contributed by atoms with Crippen molar-refractivity contribution in [2.45, 2.75) is 40.5 Å². The van der Waals surface area contributed by atoms with Crippen LogP contribution in [-0.2, 0) is 0 Å². The first-order chi connectivity index (χ1) is 6.53. The van der Waals surface area contributed by atoms with Gasteiger partial charge in [0.1, 0.15) is 0 Å². The fraction of sp³-hybridized carbons (Fsp3) is 0.917. The summed E-state index contributed by atoms with van der Waals surface area (Å²) >= 11 is 0. The summed E-state index contributed by atoms with van der Waals surface area (Å²) in [7, 11) is 0. The van der Waals surface area contributed by atoms with Gasteiger partial charge in [0.2, 0.25) is 0 Å². The third-order valence-corrected chi connectivity index (χ3v) is 4.00. The van der Waals surface area contributed by atoms with Gasteiger partial charge in [-0.25, -0.2) is 0 Å². The zero-order chi connectivity index (χ0) is 10.8. The monoisotopic (exact) mass is 194 g/mol. The Labute approximate surface area is 87.9 Å². The third kappa shape index (κ3) is 1.87. The lowest BCUT2D eigenvalue weighted by Gasteiger charge is -2.47. The van der Waals surface area contributed by atoms with Gasteiger partial charge in [-0.1, -0.05) is 27.7 Å². The van der Waals surface area contributed by atoms with Crippen molar-refractivity contribution in [3.05, 3.63) is 0 Å². The maximum atomic E-state index is 8.96. The largest absolute Gasteiger partial charge is 0.310 e. The molecule has 1 rings (SSSR count). The predicted molar refractivity (Wildman–Crippen MR) is 58.5 cm³/mol. The van der Waals surface area contributed by atoms with Crippen LogP contribution in [0.1, 0.15) is 40.5 Å². The zero-order valence-corrected chi connectivity index (χ0v) is 9.88. The van der Waals surface area contributed by atoms with Crippen molar-refractivity contribution in [2.24, 2.45) is 17.3 Å². The van der Waals surface area contributed by atoms with E-state index in [1.54, 1.807) is 0 Å². The van der Waals surface area contributed by atoms with Crippen LogP contribution in [0, 0.1) is 28.7 Å². The fourth-order valence-electron chi connectivity index (χ4n) is 2.81. The van der Waals surface area contributed by atoms with Crippen LogP contribution in [0.5, 0.6) is 0 Å². The predicted octanol–water partition coefficient (Wildman–Crippen LogP) is 2.86. The van der Waals surface area contributed by atoms with Crippen molar-refractivity contribution in [2.75, 3.05) is 13.1 Å². The Balaban J connectivity index is 2.83. The molecular formula is C12H22N2. The van der Waals surface area contributed by atoms with Gasteiger partial charge in [-0.05, 0) is 30.1 Å². The SMILES string of the molecule is CC(C)C1(C(C)C)CCCN(C#N)C1. The molecule has 80 valence electrons. The number of rotatable bonds is 2. The molecule has 0 aliphatic carbocycles. The molecule has 0 saturated carbocycles. The molecule has 0 unspecified atom stereocenters. The molecule has 1 aliphatic heterocycles. The third-order valence-electron chi connectivity index (χ3n) is 4.00. The summed E-state index contributed by atoms with van der Waals surface area (Å²) in [5.41, 5.74) is 0.355. The standard InChI is InChI=1S/C12H22N2/c1-10(2)12(11(3)4)6-5-7-14(8-12)9-13/h10-11H,5-8H2,1-4H3. The molecule has 2 nitrogen and oxygen atoms in total. The Hall–Kier alpha value is -0.710. The highest BCUT2D eigenvalue weighted by atomic mass is 15.1. The Morgan fingerprint density at radius 2 is 1.79 bits per heavy atom. The average Bonchev–Trinajstić information content (AvgIpc) is 2.17. The van der Waals surface area contributed by atoms with Gasteiger partial charge in [-0.15, -0.1) is 0 Å². The van der Waals surface area contributed by atoms with E-state index in [4.69, 9.17) is 5.26 Å². The smallest absolute Gasteiger partial charge is 0.179 e. The minimum atomic E-state index is 0.355. The Morgan fingerprint density at radius 1 is 1.21 bits per heavy atom. The first kappa shape index (κ1) is 11.4. The normalized spacial score (nSPS) is 21.4. The van der Waals surface area contributed by atoms with Crippen molar-refractivity contribution >= 4 is 0 Å². The number of nitriles is 1. The molecule has 0 N–H and O–H groups in total. The zero-order valence-electron chi connectivity index (χ0n) is 9.88. The molecule has 0 bridgehead atoms. The second kappa shape index (κ2) is 4.21. The van der Waals surface area contributed by atoms with E-state index >= 15 is 0 Å². The first-order valence-electron chi connectivity index (χ1n) is 5.67. The molecule has 0 aromatic carbocycles. The highest BCUT2D eigenvalue weighted by Crippen LogP contribution is 2.43. The average molecular weight is 194 g/mol. The van der Waals surface area contributed by atoms with Crippen LogP contribution in [-0.4, -0.2) is 18.0 Å². The van der Waals surface area contributed by atoms with Gasteiger partial charge in [0.25, 0.3) is 0 Å². The van der Waals surface area contributed by atoms with Gasteiger partial charge in [-0.3, -0.25) is 0 Å². The van der Waals surface area contributed by atoms with Crippen LogP contribution in [0.3, 0.4) is 0 Å². The van der Waals surface area contributed by atoms with Gasteiger partial charge in [0.05, 0.1) is 0 Å². The van der Waals surface area contributed by atoms with Crippen LogP contribution in [0.15, 0.2) is 0 Å². The van der Waals surface area contributed by atoms with Crippen molar-refractivity contribution in [3.8, 4) is 6.19 Å². The molecule has 1 saturated heterocycles. The van der Waals surface area contributed by atoms with E-state index in [1.807, 2.05) is 4.90 Å². The highest BCUT2D eigenvalue weighted by molar-refractivity contribution is 4.94. The summed E-state index contributed by atoms with van der Waals surface area (Å²) in [5.74, 6) is 1.33. The summed E-state index contributed by atoms with van der Waals surface area (Å²) < 4.78 is 0. The molecule has 14 heavy (non-hydrogen) atoms. The number of nitrogens with zero attached hydrogens (tertiary/aromatic N) is 2. The van der Waals surface area contributed by atoms with E-state index in [0.717, 1.165) is 13.1 Å². The molecule has 0 aromatic heterocycles. The van der Waals surface area contributed by atoms with Gasteiger partial charge in [0.15, 0.2) is 6.19 Å². The Bertz CT molecular complexity index is 217. The number of hydrogen-bond donors (Lipinski definition) is 0.